The molecule has 4 aliphatic rings. The third-order valence-electron chi connectivity index (χ3n) is 10.2. The minimum absolute atomic E-state index is 0.00781. The second kappa shape index (κ2) is 21.1. The van der Waals surface area contributed by atoms with Gasteiger partial charge < -0.3 is 114 Å². The normalized spacial score (nSPS) is 42.1. The third-order valence-corrected chi connectivity index (χ3v) is 10.2. The summed E-state index contributed by atoms with van der Waals surface area (Å²) in [5.41, 5.74) is 29.9. The van der Waals surface area contributed by atoms with Crippen LogP contribution in [-0.2, 0) is 33.2 Å². The van der Waals surface area contributed by atoms with Crippen molar-refractivity contribution >= 4 is 11.9 Å². The van der Waals surface area contributed by atoms with Crippen LogP contribution in [0.4, 0.5) is 0 Å². The van der Waals surface area contributed by atoms with Crippen molar-refractivity contribution in [1.82, 2.24) is 16.0 Å². The molecule has 19 atom stereocenters. The highest BCUT2D eigenvalue weighted by molar-refractivity contribution is 5.81. The smallest absolute Gasteiger partial charge is 0.249 e. The lowest BCUT2D eigenvalue weighted by Gasteiger charge is -2.46. The second-order valence-corrected chi connectivity index (χ2v) is 14.4. The number of aliphatic hydroxyl groups is 8. The predicted octanol–water partition coefficient (Wildman–Crippen LogP) is -9.46. The van der Waals surface area contributed by atoms with E-state index in [0.29, 0.717) is 12.8 Å². The molecule has 55 heavy (non-hydrogen) atoms. The van der Waals surface area contributed by atoms with Crippen LogP contribution in [0, 0.1) is 5.41 Å². The van der Waals surface area contributed by atoms with E-state index in [1.807, 2.05) is 0 Å². The van der Waals surface area contributed by atoms with E-state index in [1.54, 1.807) is 0 Å². The maximum absolute atomic E-state index is 13.0. The molecule has 0 radical (unpaired) electrons. The molecule has 24 heteroatoms. The molecule has 3 aliphatic heterocycles. The van der Waals surface area contributed by atoms with Gasteiger partial charge in [0, 0.05) is 32.2 Å². The maximum Gasteiger partial charge on any atom is 0.249 e. The average molecular weight is 800 g/mol. The Kier molecular flexibility index (Phi) is 17.5. The highest BCUT2D eigenvalue weighted by atomic mass is 16.8. The summed E-state index contributed by atoms with van der Waals surface area (Å²) < 4.78 is 35.9. The molecule has 3 saturated heterocycles. The molecule has 4 rings (SSSR count). The van der Waals surface area contributed by atoms with Crippen LogP contribution in [0.1, 0.15) is 25.7 Å². The van der Waals surface area contributed by atoms with Gasteiger partial charge in [-0.15, -0.1) is 0 Å². The first-order valence-corrected chi connectivity index (χ1v) is 18.4. The Bertz CT molecular complexity index is 1200. The van der Waals surface area contributed by atoms with Gasteiger partial charge in [-0.3, -0.25) is 10.2 Å². The number of ether oxygens (including phenoxy) is 6. The molecule has 4 fully saturated rings. The number of guanidine groups is 1. The minimum atomic E-state index is -1.69. The van der Waals surface area contributed by atoms with E-state index in [0.717, 1.165) is 0 Å². The Morgan fingerprint density at radius 1 is 0.836 bits per heavy atom. The zero-order chi connectivity index (χ0) is 40.6. The van der Waals surface area contributed by atoms with Gasteiger partial charge in [-0.1, -0.05) is 0 Å². The summed E-state index contributed by atoms with van der Waals surface area (Å²) >= 11 is 0. The molecule has 1 amide bonds. The molecule has 22 N–H and O–H groups in total. The summed E-state index contributed by atoms with van der Waals surface area (Å²) in [5, 5.41) is 98.5. The molecule has 0 aromatic heterocycles. The van der Waals surface area contributed by atoms with Gasteiger partial charge in [0.15, 0.2) is 24.8 Å². The highest BCUT2D eigenvalue weighted by Gasteiger charge is 2.54. The van der Waals surface area contributed by atoms with Crippen molar-refractivity contribution in [3.05, 3.63) is 0 Å². The number of rotatable bonds is 18. The lowest BCUT2D eigenvalue weighted by Crippen LogP contribution is -2.67. The van der Waals surface area contributed by atoms with Crippen LogP contribution in [0.5, 0.6) is 0 Å². The first-order valence-electron chi connectivity index (χ1n) is 18.4. The second-order valence-electron chi connectivity index (χ2n) is 14.4. The fourth-order valence-electron chi connectivity index (χ4n) is 6.97. The number of nitrogens with one attached hydrogen (secondary N) is 4. The molecule has 1 aliphatic carbocycles. The lowest BCUT2D eigenvalue weighted by atomic mass is 9.83. The largest absolute Gasteiger partial charge is 0.394 e. The Morgan fingerprint density at radius 3 is 2.16 bits per heavy atom. The van der Waals surface area contributed by atoms with Crippen molar-refractivity contribution in [2.45, 2.75) is 142 Å². The van der Waals surface area contributed by atoms with Crippen molar-refractivity contribution < 1.29 is 74.1 Å². The van der Waals surface area contributed by atoms with E-state index in [1.165, 1.54) is 0 Å². The van der Waals surface area contributed by atoms with Gasteiger partial charge in [0.25, 0.3) is 0 Å². The van der Waals surface area contributed by atoms with E-state index in [4.69, 9.17) is 67.6 Å². The SMILES string of the molecule is N=C(N)NCC[C@H](O)C(=O)N[C@@H]1C[C@H](N)[C@@H](O[C@H]2O[C@H](CNCC(O)CO)CC[C@H]2N)[C@H](O[C@@H]2O[C@H](CO)[C@@H](O[C@H]3O[C@@H](CN)[C@@H](O)[C@H](O)[C@H]3N)[C@H]2O)[C@H]1O. The van der Waals surface area contributed by atoms with Crippen LogP contribution in [0.15, 0.2) is 0 Å². The van der Waals surface area contributed by atoms with Gasteiger partial charge in [-0.05, 0) is 25.7 Å². The Hall–Kier alpha value is -2.02. The topological polar surface area (TPSA) is 424 Å². The Morgan fingerprint density at radius 2 is 1.51 bits per heavy atom. The lowest BCUT2D eigenvalue weighted by molar-refractivity contribution is -0.290. The quantitative estimate of drug-likeness (QED) is 0.0452. The van der Waals surface area contributed by atoms with Crippen molar-refractivity contribution in [1.29, 1.82) is 5.41 Å². The molecule has 0 spiro atoms. The van der Waals surface area contributed by atoms with E-state index < -0.39 is 135 Å². The first-order chi connectivity index (χ1) is 26.1. The summed E-state index contributed by atoms with van der Waals surface area (Å²) in [6.07, 6.45) is -19.0. The monoisotopic (exact) mass is 799 g/mol. The van der Waals surface area contributed by atoms with Gasteiger partial charge in [0.1, 0.15) is 61.0 Å². The van der Waals surface area contributed by atoms with E-state index >= 15 is 0 Å². The molecule has 0 aromatic rings. The number of carbonyl (C=O) groups excluding carboxylic acids is 1. The van der Waals surface area contributed by atoms with E-state index in [9.17, 15) is 40.5 Å². The van der Waals surface area contributed by atoms with Gasteiger partial charge in [0.05, 0.1) is 43.5 Å². The maximum atomic E-state index is 13.0. The number of amides is 1. The van der Waals surface area contributed by atoms with Gasteiger partial charge in [-0.25, -0.2) is 0 Å². The van der Waals surface area contributed by atoms with E-state index in [-0.39, 0.29) is 45.0 Å². The summed E-state index contributed by atoms with van der Waals surface area (Å²) in [6, 6.07) is -4.07. The third kappa shape index (κ3) is 11.8. The molecular formula is C31H61N9O15. The fraction of sp³-hybridized carbons (Fsp3) is 0.935. The number of hydrogen-bond donors (Lipinski definition) is 17. The van der Waals surface area contributed by atoms with Gasteiger partial charge >= 0.3 is 0 Å². The molecule has 1 saturated carbocycles. The standard InChI is InChI=1S/C31H61N9O15/c32-6-17-21(46)22(47)19(35)29(51-17)54-25-18(10-42)52-30(23(25)48)55-26-20(45)15(40-27(49)16(44)3-4-39-31(36)37)5-14(34)24(26)53-28-13(33)2-1-12(50-28)8-38-7-11(43)9-41/h11-26,28-30,38,41-48H,1-10,32-35H2,(H,40,49)(H4,36,37,39)/t11?,12-,13+,14-,15+,16-,17-,18+,19+,20-,21+,22+,23+,24+,25+,26+,28+,29+,30-/m0/s1. The van der Waals surface area contributed by atoms with Crippen LogP contribution in [0.3, 0.4) is 0 Å². The Balaban J connectivity index is 1.52. The molecule has 3 heterocycles. The molecule has 0 bridgehead atoms. The molecular weight excluding hydrogens is 738 g/mol. The Labute approximate surface area is 317 Å². The first kappa shape index (κ1) is 45.7. The van der Waals surface area contributed by atoms with Crippen LogP contribution in [-0.4, -0.2) is 208 Å². The zero-order valence-electron chi connectivity index (χ0n) is 30.4. The summed E-state index contributed by atoms with van der Waals surface area (Å²) in [4.78, 5) is 13.0. The van der Waals surface area contributed by atoms with Crippen molar-refractivity contribution in [2.24, 2.45) is 28.7 Å². The minimum Gasteiger partial charge on any atom is -0.394 e. The van der Waals surface area contributed by atoms with Crippen LogP contribution < -0.4 is 44.6 Å². The highest BCUT2D eigenvalue weighted by Crippen LogP contribution is 2.34. The van der Waals surface area contributed by atoms with Crippen molar-refractivity contribution in [3.63, 3.8) is 0 Å². The zero-order valence-corrected chi connectivity index (χ0v) is 30.4. The molecule has 1 unspecified atom stereocenters. The summed E-state index contributed by atoms with van der Waals surface area (Å²) in [6.45, 7) is -0.931. The predicted molar refractivity (Wildman–Crippen MR) is 187 cm³/mol. The fourth-order valence-corrected chi connectivity index (χ4v) is 6.97. The van der Waals surface area contributed by atoms with Crippen LogP contribution >= 0.6 is 0 Å². The summed E-state index contributed by atoms with van der Waals surface area (Å²) in [7, 11) is 0. The molecule has 24 nitrogen and oxygen atoms in total. The average Bonchev–Trinajstić information content (AvgIpc) is 3.45. The number of hydrogen-bond acceptors (Lipinski definition) is 21. The van der Waals surface area contributed by atoms with Gasteiger partial charge in [-0.2, -0.15) is 0 Å². The number of aliphatic hydroxyl groups excluding tert-OH is 8. The van der Waals surface area contributed by atoms with Gasteiger partial charge in [0.2, 0.25) is 5.91 Å². The molecule has 0 aromatic carbocycles. The van der Waals surface area contributed by atoms with Crippen LogP contribution in [0.2, 0.25) is 0 Å². The number of carbonyl (C=O) groups is 1. The summed E-state index contributed by atoms with van der Waals surface area (Å²) in [5.74, 6) is -1.22. The number of nitrogens with two attached hydrogens (primary N) is 5. The van der Waals surface area contributed by atoms with Crippen LogP contribution in [0.25, 0.3) is 0 Å². The van der Waals surface area contributed by atoms with E-state index in [2.05, 4.69) is 16.0 Å². The van der Waals surface area contributed by atoms with Crippen molar-refractivity contribution in [3.8, 4) is 0 Å². The molecule has 320 valence electrons. The van der Waals surface area contributed by atoms with Crippen molar-refractivity contribution in [2.75, 3.05) is 39.4 Å².